The molecule has 202 valence electrons. The predicted molar refractivity (Wildman–Crippen MR) is 188 cm³/mol. The fourth-order valence-corrected chi connectivity index (χ4v) is 8.23. The summed E-state index contributed by atoms with van der Waals surface area (Å²) in [5.74, 6) is 0. The van der Waals surface area contributed by atoms with Crippen LogP contribution in [0.3, 0.4) is 0 Å². The number of fused-ring (bicyclic) bond motifs is 15. The normalized spacial score (nSPS) is 12.5. The molecular weight excluding hydrogens is 532 g/mol. The molecule has 0 fully saturated rings. The van der Waals surface area contributed by atoms with E-state index in [1.165, 1.54) is 97.9 Å². The van der Waals surface area contributed by atoms with Crippen LogP contribution in [0.4, 0.5) is 0 Å². The zero-order chi connectivity index (χ0) is 28.5. The van der Waals surface area contributed by atoms with Crippen LogP contribution >= 0.6 is 0 Å². The molecule has 0 aliphatic carbocycles. The molecule has 11 rings (SSSR count). The van der Waals surface area contributed by atoms with Crippen LogP contribution in [0.5, 0.6) is 0 Å². The molecule has 0 atom stereocenters. The van der Waals surface area contributed by atoms with Crippen molar-refractivity contribution in [2.45, 2.75) is 0 Å². The van der Waals surface area contributed by atoms with Crippen LogP contribution in [0.15, 0.2) is 146 Å². The molecule has 0 amide bonds. The summed E-state index contributed by atoms with van der Waals surface area (Å²) in [5, 5.41) is 15.5. The number of benzene rings is 8. The van der Waals surface area contributed by atoms with Crippen LogP contribution in [-0.2, 0) is 0 Å². The van der Waals surface area contributed by atoms with Gasteiger partial charge >= 0.3 is 0 Å². The summed E-state index contributed by atoms with van der Waals surface area (Å²) in [5.41, 5.74) is 7.54. The van der Waals surface area contributed by atoms with Crippen LogP contribution in [0, 0.1) is 0 Å². The average molecular weight is 557 g/mol. The Bertz CT molecular complexity index is 2990. The summed E-state index contributed by atoms with van der Waals surface area (Å²) < 4.78 is 5.12. The number of nitrogens with zero attached hydrogens (tertiary/aromatic N) is 2. The Morgan fingerprint density at radius 1 is 0.318 bits per heavy atom. The Hall–Kier alpha value is -5.86. The molecule has 0 spiro atoms. The summed E-state index contributed by atoms with van der Waals surface area (Å²) >= 11 is 0. The quantitative estimate of drug-likeness (QED) is 0.190. The fourth-order valence-electron chi connectivity index (χ4n) is 8.23. The number of para-hydroxylation sites is 2. The van der Waals surface area contributed by atoms with Crippen molar-refractivity contribution in [3.63, 3.8) is 0 Å². The summed E-state index contributed by atoms with van der Waals surface area (Å²) in [6, 6.07) is 53.8. The number of rotatable bonds is 1. The van der Waals surface area contributed by atoms with Gasteiger partial charge in [-0.3, -0.25) is 0 Å². The topological polar surface area (TPSA) is 9.34 Å². The highest BCUT2D eigenvalue weighted by atomic mass is 15.0. The monoisotopic (exact) mass is 556 g/mol. The largest absolute Gasteiger partial charge is 0.307 e. The minimum atomic E-state index is 1.21. The second-order valence-electron chi connectivity index (χ2n) is 12.1. The minimum absolute atomic E-state index is 1.21. The summed E-state index contributed by atoms with van der Waals surface area (Å²) in [6.45, 7) is 0. The van der Waals surface area contributed by atoms with Crippen molar-refractivity contribution >= 4 is 92.2 Å². The molecule has 0 bridgehead atoms. The highest BCUT2D eigenvalue weighted by Crippen LogP contribution is 2.49. The van der Waals surface area contributed by atoms with E-state index >= 15 is 0 Å². The van der Waals surface area contributed by atoms with Gasteiger partial charge in [0, 0.05) is 37.7 Å². The number of hydrogen-bond acceptors (Lipinski definition) is 0. The van der Waals surface area contributed by atoms with E-state index in [0.717, 1.165) is 0 Å². The van der Waals surface area contributed by atoms with E-state index in [0.29, 0.717) is 0 Å². The molecule has 0 saturated heterocycles. The lowest BCUT2D eigenvalue weighted by molar-refractivity contribution is 1.20. The van der Waals surface area contributed by atoms with E-state index in [1.54, 1.807) is 0 Å². The second kappa shape index (κ2) is 7.94. The SMILES string of the molecule is c1ccc2cc3c(cc2c1)c1cccc2c4c5ccccc5c5c6ccccc6n(-c6cccc7ccccc67)c5c4n3c12. The number of hydrogen-bond donors (Lipinski definition) is 0. The first-order valence-electron chi connectivity index (χ1n) is 15.3. The standard InChI is InChI=1S/C42H24N2/c1-2-13-27-24-37-34(23-26(27)12-1)31-19-10-20-33-39-30-17-6-5-16-29(30)38-32-18-7-8-21-36(32)43(41(38)42(39)44(37)40(31)33)35-22-9-14-25-11-3-4-15-28(25)35/h1-24H. The zero-order valence-corrected chi connectivity index (χ0v) is 23.8. The van der Waals surface area contributed by atoms with E-state index in [9.17, 15) is 0 Å². The lowest BCUT2D eigenvalue weighted by Crippen LogP contribution is -1.97. The molecule has 2 nitrogen and oxygen atoms in total. The van der Waals surface area contributed by atoms with Crippen LogP contribution in [0.1, 0.15) is 0 Å². The molecule has 3 aromatic heterocycles. The Kier molecular flexibility index (Phi) is 4.10. The Labute approximate surface area is 251 Å². The molecule has 3 heterocycles. The van der Waals surface area contributed by atoms with Gasteiger partial charge in [-0.1, -0.05) is 121 Å². The highest BCUT2D eigenvalue weighted by Gasteiger charge is 2.26. The Balaban J connectivity index is 1.52. The molecule has 0 aliphatic heterocycles. The van der Waals surface area contributed by atoms with E-state index in [4.69, 9.17) is 0 Å². The maximum atomic E-state index is 2.58. The van der Waals surface area contributed by atoms with Crippen LogP contribution in [-0.4, -0.2) is 8.97 Å². The van der Waals surface area contributed by atoms with Crippen LogP contribution in [0.2, 0.25) is 0 Å². The van der Waals surface area contributed by atoms with E-state index in [-0.39, 0.29) is 0 Å². The third-order valence-electron chi connectivity index (χ3n) is 9.96. The van der Waals surface area contributed by atoms with Gasteiger partial charge in [0.05, 0.1) is 33.3 Å². The molecular formula is C42H24N2. The van der Waals surface area contributed by atoms with Crippen molar-refractivity contribution < 1.29 is 0 Å². The van der Waals surface area contributed by atoms with Crippen molar-refractivity contribution in [1.82, 2.24) is 8.97 Å². The molecule has 0 aliphatic rings. The second-order valence-corrected chi connectivity index (χ2v) is 12.1. The third-order valence-corrected chi connectivity index (χ3v) is 9.96. The molecule has 0 radical (unpaired) electrons. The van der Waals surface area contributed by atoms with Crippen LogP contribution < -0.4 is 0 Å². The number of aromatic nitrogens is 2. The van der Waals surface area contributed by atoms with Crippen molar-refractivity contribution in [3.8, 4) is 5.69 Å². The first-order valence-corrected chi connectivity index (χ1v) is 15.3. The Morgan fingerprint density at radius 3 is 1.70 bits per heavy atom. The predicted octanol–water partition coefficient (Wildman–Crippen LogP) is 11.4. The molecule has 0 N–H and O–H groups in total. The fraction of sp³-hybridized carbons (Fsp3) is 0. The van der Waals surface area contributed by atoms with Gasteiger partial charge in [0.2, 0.25) is 0 Å². The lowest BCUT2D eigenvalue weighted by atomic mass is 9.97. The molecule has 2 heteroatoms. The van der Waals surface area contributed by atoms with Gasteiger partial charge in [0.15, 0.2) is 0 Å². The lowest BCUT2D eigenvalue weighted by Gasteiger charge is -2.14. The summed E-state index contributed by atoms with van der Waals surface area (Å²) in [6.07, 6.45) is 0. The first kappa shape index (κ1) is 22.7. The maximum absolute atomic E-state index is 2.58. The highest BCUT2D eigenvalue weighted by molar-refractivity contribution is 6.39. The van der Waals surface area contributed by atoms with Gasteiger partial charge < -0.3 is 8.97 Å². The smallest absolute Gasteiger partial charge is 0.0795 e. The van der Waals surface area contributed by atoms with Gasteiger partial charge in [-0.05, 0) is 51.2 Å². The maximum Gasteiger partial charge on any atom is 0.0795 e. The van der Waals surface area contributed by atoms with Gasteiger partial charge in [0.25, 0.3) is 0 Å². The van der Waals surface area contributed by atoms with Crippen LogP contribution in [0.25, 0.3) is 97.9 Å². The van der Waals surface area contributed by atoms with E-state index < -0.39 is 0 Å². The first-order chi connectivity index (χ1) is 21.9. The van der Waals surface area contributed by atoms with E-state index in [2.05, 4.69) is 155 Å². The molecule has 44 heavy (non-hydrogen) atoms. The van der Waals surface area contributed by atoms with Gasteiger partial charge in [-0.15, -0.1) is 0 Å². The Morgan fingerprint density at radius 2 is 0.886 bits per heavy atom. The summed E-state index contributed by atoms with van der Waals surface area (Å²) in [4.78, 5) is 0. The zero-order valence-electron chi connectivity index (χ0n) is 23.8. The van der Waals surface area contributed by atoms with Crippen molar-refractivity contribution in [3.05, 3.63) is 146 Å². The molecule has 11 aromatic rings. The average Bonchev–Trinajstić information content (AvgIpc) is 3.72. The van der Waals surface area contributed by atoms with E-state index in [1.807, 2.05) is 0 Å². The third kappa shape index (κ3) is 2.63. The molecule has 0 unspecified atom stereocenters. The van der Waals surface area contributed by atoms with Crippen molar-refractivity contribution in [1.29, 1.82) is 0 Å². The van der Waals surface area contributed by atoms with Crippen molar-refractivity contribution in [2.24, 2.45) is 0 Å². The van der Waals surface area contributed by atoms with Gasteiger partial charge in [-0.2, -0.15) is 0 Å². The van der Waals surface area contributed by atoms with Gasteiger partial charge in [-0.25, -0.2) is 0 Å². The van der Waals surface area contributed by atoms with Crippen molar-refractivity contribution in [2.75, 3.05) is 0 Å². The molecule has 8 aromatic carbocycles. The summed E-state index contributed by atoms with van der Waals surface area (Å²) in [7, 11) is 0. The van der Waals surface area contributed by atoms with Gasteiger partial charge in [0.1, 0.15) is 0 Å². The minimum Gasteiger partial charge on any atom is -0.307 e. The molecule has 0 saturated carbocycles.